The summed E-state index contributed by atoms with van der Waals surface area (Å²) in [5, 5.41) is 3.59. The topological polar surface area (TPSA) is 76.7 Å². The zero-order chi connectivity index (χ0) is 12.3. The van der Waals surface area contributed by atoms with Crippen molar-refractivity contribution in [1.29, 1.82) is 0 Å². The minimum atomic E-state index is 0.496. The maximum absolute atomic E-state index is 5.99. The summed E-state index contributed by atoms with van der Waals surface area (Å²) in [7, 11) is 0. The second kappa shape index (κ2) is 4.97. The van der Waals surface area contributed by atoms with Gasteiger partial charge in [0.2, 0.25) is 0 Å². The lowest BCUT2D eigenvalue weighted by atomic mass is 10.3. The van der Waals surface area contributed by atoms with Gasteiger partial charge in [0.1, 0.15) is 11.6 Å². The molecule has 0 atom stereocenters. The number of nitrogens with two attached hydrogens (primary N) is 1. The second-order valence-electron chi connectivity index (χ2n) is 3.55. The van der Waals surface area contributed by atoms with E-state index in [0.717, 1.165) is 11.5 Å². The van der Waals surface area contributed by atoms with Crippen LogP contribution in [0.1, 0.15) is 11.5 Å². The van der Waals surface area contributed by atoms with Crippen LogP contribution in [-0.4, -0.2) is 15.0 Å². The van der Waals surface area contributed by atoms with Crippen LogP contribution in [0.4, 0.5) is 11.5 Å². The highest BCUT2D eigenvalue weighted by Gasteiger charge is 2.02. The molecule has 0 aromatic carbocycles. The Morgan fingerprint density at radius 1 is 1.41 bits per heavy atom. The van der Waals surface area contributed by atoms with E-state index >= 15 is 0 Å². The standard InChI is InChI=1S/C11H12ClN5/c1-7-14-3-2-9(17-7)6-16-11-10(12)4-8(13)5-15-11/h2-5H,6,13H2,1H3,(H,15,16). The van der Waals surface area contributed by atoms with Gasteiger partial charge in [-0.15, -0.1) is 0 Å². The van der Waals surface area contributed by atoms with Crippen LogP contribution in [0.5, 0.6) is 0 Å². The summed E-state index contributed by atoms with van der Waals surface area (Å²) in [6, 6.07) is 3.49. The van der Waals surface area contributed by atoms with Crippen molar-refractivity contribution in [3.63, 3.8) is 0 Å². The quantitative estimate of drug-likeness (QED) is 0.870. The summed E-state index contributed by atoms with van der Waals surface area (Å²) in [4.78, 5) is 12.4. The van der Waals surface area contributed by atoms with E-state index in [1.807, 2.05) is 13.0 Å². The Hall–Kier alpha value is -1.88. The van der Waals surface area contributed by atoms with Crippen molar-refractivity contribution in [3.05, 3.63) is 41.1 Å². The Morgan fingerprint density at radius 3 is 2.94 bits per heavy atom. The van der Waals surface area contributed by atoms with Crippen molar-refractivity contribution in [2.45, 2.75) is 13.5 Å². The molecule has 3 N–H and O–H groups in total. The number of rotatable bonds is 3. The molecule has 0 aliphatic carbocycles. The number of nitrogens with one attached hydrogen (secondary N) is 1. The third kappa shape index (κ3) is 3.04. The Labute approximate surface area is 104 Å². The second-order valence-corrected chi connectivity index (χ2v) is 3.96. The highest BCUT2D eigenvalue weighted by Crippen LogP contribution is 2.21. The number of nitrogen functional groups attached to an aromatic ring is 1. The maximum Gasteiger partial charge on any atom is 0.145 e. The Bertz CT molecular complexity index is 529. The molecule has 0 radical (unpaired) electrons. The molecule has 6 heteroatoms. The van der Waals surface area contributed by atoms with Gasteiger partial charge < -0.3 is 11.1 Å². The fraction of sp³-hybridized carbons (Fsp3) is 0.182. The Balaban J connectivity index is 2.07. The number of hydrogen-bond acceptors (Lipinski definition) is 5. The molecule has 5 nitrogen and oxygen atoms in total. The first-order valence-electron chi connectivity index (χ1n) is 5.08. The molecule has 17 heavy (non-hydrogen) atoms. The van der Waals surface area contributed by atoms with Crippen LogP contribution in [0.3, 0.4) is 0 Å². The Kier molecular flexibility index (Phi) is 3.39. The molecule has 0 spiro atoms. The predicted octanol–water partition coefficient (Wildman–Crippen LogP) is 2.03. The minimum absolute atomic E-state index is 0.496. The van der Waals surface area contributed by atoms with Crippen molar-refractivity contribution in [2.24, 2.45) is 0 Å². The first kappa shape index (κ1) is 11.6. The van der Waals surface area contributed by atoms with E-state index in [1.165, 1.54) is 0 Å². The van der Waals surface area contributed by atoms with Crippen molar-refractivity contribution in [1.82, 2.24) is 15.0 Å². The molecule has 0 saturated heterocycles. The highest BCUT2D eigenvalue weighted by atomic mass is 35.5. The molecule has 0 fully saturated rings. The molecule has 0 unspecified atom stereocenters. The molecule has 0 saturated carbocycles. The van der Waals surface area contributed by atoms with E-state index in [-0.39, 0.29) is 0 Å². The summed E-state index contributed by atoms with van der Waals surface area (Å²) in [6.07, 6.45) is 3.27. The van der Waals surface area contributed by atoms with E-state index in [4.69, 9.17) is 17.3 Å². The third-order valence-corrected chi connectivity index (χ3v) is 2.42. The van der Waals surface area contributed by atoms with Crippen molar-refractivity contribution in [3.8, 4) is 0 Å². The molecule has 2 aromatic heterocycles. The van der Waals surface area contributed by atoms with Gasteiger partial charge in [-0.3, -0.25) is 0 Å². The number of hydrogen-bond donors (Lipinski definition) is 2. The SMILES string of the molecule is Cc1nccc(CNc2ncc(N)cc2Cl)n1. The van der Waals surface area contributed by atoms with Gasteiger partial charge in [0, 0.05) is 6.20 Å². The van der Waals surface area contributed by atoms with Crippen LogP contribution in [0, 0.1) is 6.92 Å². The predicted molar refractivity (Wildman–Crippen MR) is 67.8 cm³/mol. The first-order valence-corrected chi connectivity index (χ1v) is 5.46. The third-order valence-electron chi connectivity index (χ3n) is 2.13. The molecule has 0 amide bonds. The lowest BCUT2D eigenvalue weighted by Crippen LogP contribution is -2.05. The molecule has 2 aromatic rings. The van der Waals surface area contributed by atoms with Gasteiger partial charge in [0.15, 0.2) is 0 Å². The molecule has 2 heterocycles. The highest BCUT2D eigenvalue weighted by molar-refractivity contribution is 6.33. The van der Waals surface area contributed by atoms with Gasteiger partial charge in [-0.2, -0.15) is 0 Å². The lowest BCUT2D eigenvalue weighted by molar-refractivity contribution is 0.950. The van der Waals surface area contributed by atoms with E-state index in [1.54, 1.807) is 18.5 Å². The van der Waals surface area contributed by atoms with E-state index in [2.05, 4.69) is 20.3 Å². The van der Waals surface area contributed by atoms with E-state index in [9.17, 15) is 0 Å². The van der Waals surface area contributed by atoms with Crippen molar-refractivity contribution >= 4 is 23.1 Å². The largest absolute Gasteiger partial charge is 0.397 e. The van der Waals surface area contributed by atoms with Crippen molar-refractivity contribution in [2.75, 3.05) is 11.1 Å². The van der Waals surface area contributed by atoms with Gasteiger partial charge >= 0.3 is 0 Å². The minimum Gasteiger partial charge on any atom is -0.397 e. The van der Waals surface area contributed by atoms with Gasteiger partial charge in [-0.25, -0.2) is 15.0 Å². The monoisotopic (exact) mass is 249 g/mol. The zero-order valence-corrected chi connectivity index (χ0v) is 10.1. The molecule has 0 bridgehead atoms. The maximum atomic E-state index is 5.99. The number of halogens is 1. The Morgan fingerprint density at radius 2 is 2.24 bits per heavy atom. The van der Waals surface area contributed by atoms with Gasteiger partial charge in [0.25, 0.3) is 0 Å². The normalized spacial score (nSPS) is 10.2. The van der Waals surface area contributed by atoms with Crippen LogP contribution in [0.15, 0.2) is 24.5 Å². The molecule has 2 rings (SSSR count). The number of aryl methyl sites for hydroxylation is 1. The zero-order valence-electron chi connectivity index (χ0n) is 9.31. The summed E-state index contributed by atoms with van der Waals surface area (Å²) in [5.74, 6) is 1.33. The molecule has 88 valence electrons. The number of aromatic nitrogens is 3. The fourth-order valence-corrected chi connectivity index (χ4v) is 1.60. The fourth-order valence-electron chi connectivity index (χ4n) is 1.36. The van der Waals surface area contributed by atoms with Crippen LogP contribution in [-0.2, 0) is 6.54 Å². The summed E-state index contributed by atoms with van der Waals surface area (Å²) >= 11 is 5.99. The number of nitrogens with zero attached hydrogens (tertiary/aromatic N) is 3. The van der Waals surface area contributed by atoms with Crippen LogP contribution in [0.25, 0.3) is 0 Å². The molecule has 0 aliphatic heterocycles. The lowest BCUT2D eigenvalue weighted by Gasteiger charge is -2.07. The number of anilines is 2. The summed E-state index contributed by atoms with van der Waals surface area (Å²) in [6.45, 7) is 2.39. The van der Waals surface area contributed by atoms with Crippen LogP contribution < -0.4 is 11.1 Å². The van der Waals surface area contributed by atoms with Crippen LogP contribution in [0.2, 0.25) is 5.02 Å². The summed E-state index contributed by atoms with van der Waals surface area (Å²) < 4.78 is 0. The van der Waals surface area contributed by atoms with Gasteiger partial charge in [0.05, 0.1) is 29.1 Å². The average Bonchev–Trinajstić information content (AvgIpc) is 2.28. The first-order chi connectivity index (χ1) is 8.15. The number of pyridine rings is 1. The van der Waals surface area contributed by atoms with Gasteiger partial charge in [-0.1, -0.05) is 11.6 Å². The summed E-state index contributed by atoms with van der Waals surface area (Å²) in [5.41, 5.74) is 6.98. The molecular formula is C11H12ClN5. The van der Waals surface area contributed by atoms with Crippen LogP contribution >= 0.6 is 11.6 Å². The van der Waals surface area contributed by atoms with Crippen molar-refractivity contribution < 1.29 is 0 Å². The molecular weight excluding hydrogens is 238 g/mol. The van der Waals surface area contributed by atoms with E-state index in [0.29, 0.717) is 23.1 Å². The average molecular weight is 250 g/mol. The van der Waals surface area contributed by atoms with Gasteiger partial charge in [-0.05, 0) is 19.1 Å². The smallest absolute Gasteiger partial charge is 0.145 e. The molecule has 0 aliphatic rings. The van der Waals surface area contributed by atoms with E-state index < -0.39 is 0 Å².